The van der Waals surface area contributed by atoms with Gasteiger partial charge in [-0.05, 0) is 46.6 Å². The van der Waals surface area contributed by atoms with Crippen molar-refractivity contribution in [2.45, 2.75) is 26.3 Å². The molecule has 0 radical (unpaired) electrons. The fraction of sp³-hybridized carbons (Fsp3) is 0.429. The highest BCUT2D eigenvalue weighted by Gasteiger charge is 2.26. The zero-order valence-corrected chi connectivity index (χ0v) is 18.9. The monoisotopic (exact) mass is 469 g/mol. The summed E-state index contributed by atoms with van der Waals surface area (Å²) in [5, 5.41) is 19.6. The van der Waals surface area contributed by atoms with Gasteiger partial charge >= 0.3 is 0 Å². The Morgan fingerprint density at radius 2 is 2.06 bits per heavy atom. The summed E-state index contributed by atoms with van der Waals surface area (Å²) < 4.78 is 16.9. The van der Waals surface area contributed by atoms with E-state index in [1.165, 1.54) is 10.9 Å². The highest BCUT2D eigenvalue weighted by molar-refractivity contribution is 5.95. The van der Waals surface area contributed by atoms with E-state index in [1.807, 2.05) is 24.3 Å². The Bertz CT molecular complexity index is 1100. The lowest BCUT2D eigenvalue weighted by molar-refractivity contribution is 0.0335. The van der Waals surface area contributed by atoms with E-state index >= 15 is 0 Å². The largest absolute Gasteiger partial charge is 0.494 e. The molecule has 1 aromatic carbocycles. The Hall–Kier alpha value is -3.84. The van der Waals surface area contributed by atoms with Crippen LogP contribution in [0.1, 0.15) is 41.5 Å². The number of nitrogens with two attached hydrogens (primary N) is 1. The fourth-order valence-electron chi connectivity index (χ4n) is 3.31. The molecule has 3 N–H and O–H groups in total. The number of hydrogen-bond donors (Lipinski definition) is 2. The lowest BCUT2D eigenvalue weighted by Crippen LogP contribution is -2.36. The summed E-state index contributed by atoms with van der Waals surface area (Å²) in [5.74, 6) is 0.331. The van der Waals surface area contributed by atoms with Gasteiger partial charge in [0.1, 0.15) is 11.4 Å². The molecular weight excluding hydrogens is 442 g/mol. The molecule has 34 heavy (non-hydrogen) atoms. The fourth-order valence-corrected chi connectivity index (χ4v) is 3.31. The number of unbranched alkanes of at least 4 members (excludes halogenated alkanes) is 1. The number of carbonyl (C=O) groups excluding carboxylic acids is 1. The topological polar surface area (TPSA) is 159 Å². The van der Waals surface area contributed by atoms with E-state index in [0.717, 1.165) is 37.2 Å². The molecule has 0 bridgehead atoms. The average Bonchev–Trinajstić information content (AvgIpc) is 3.46. The second kappa shape index (κ2) is 11.3. The van der Waals surface area contributed by atoms with Crippen LogP contribution in [0.2, 0.25) is 0 Å². The van der Waals surface area contributed by atoms with E-state index in [-0.39, 0.29) is 17.3 Å². The molecular formula is C21H27N9O4. The van der Waals surface area contributed by atoms with E-state index in [9.17, 15) is 4.79 Å². The molecule has 3 heterocycles. The van der Waals surface area contributed by atoms with Crippen molar-refractivity contribution in [3.8, 4) is 11.6 Å². The maximum absolute atomic E-state index is 13.1. The van der Waals surface area contributed by atoms with Crippen LogP contribution in [0.5, 0.6) is 5.75 Å². The first-order valence-corrected chi connectivity index (χ1v) is 11.0. The van der Waals surface area contributed by atoms with Crippen LogP contribution < -0.4 is 15.9 Å². The number of aromatic nitrogens is 5. The Labute approximate surface area is 195 Å². The number of rotatable bonds is 10. The minimum Gasteiger partial charge on any atom is -0.494 e. The first-order chi connectivity index (χ1) is 16.7. The third kappa shape index (κ3) is 5.74. The third-order valence-corrected chi connectivity index (χ3v) is 5.15. The Balaban J connectivity index is 1.47. The third-order valence-electron chi connectivity index (χ3n) is 5.15. The van der Waals surface area contributed by atoms with Crippen molar-refractivity contribution < 1.29 is 18.9 Å². The van der Waals surface area contributed by atoms with Gasteiger partial charge < -0.3 is 15.2 Å². The minimum atomic E-state index is -0.522. The summed E-state index contributed by atoms with van der Waals surface area (Å²) in [6.45, 7) is 5.87. The van der Waals surface area contributed by atoms with Gasteiger partial charge in [0.2, 0.25) is 11.6 Å². The van der Waals surface area contributed by atoms with E-state index in [4.69, 9.17) is 15.2 Å². The summed E-state index contributed by atoms with van der Waals surface area (Å²) >= 11 is 0. The molecule has 0 saturated carbocycles. The average molecular weight is 470 g/mol. The number of anilines is 1. The number of hydrogen-bond acceptors (Lipinski definition) is 11. The van der Waals surface area contributed by atoms with Crippen LogP contribution in [0.3, 0.4) is 0 Å². The molecule has 180 valence electrons. The van der Waals surface area contributed by atoms with Crippen LogP contribution in [0.25, 0.3) is 5.82 Å². The lowest BCUT2D eigenvalue weighted by Gasteiger charge is -2.25. The highest BCUT2D eigenvalue weighted by atomic mass is 16.6. The SMILES string of the molecule is CCCCOc1ccc(/C=N/NC(=O)c2c(CN3CCOCC3)nnn2-c2nonc2N)cc1. The zero-order chi connectivity index (χ0) is 23.8. The smallest absolute Gasteiger partial charge is 0.292 e. The van der Waals surface area contributed by atoms with Gasteiger partial charge in [0.25, 0.3) is 5.91 Å². The molecule has 13 heteroatoms. The molecule has 2 aromatic heterocycles. The number of amides is 1. The summed E-state index contributed by atoms with van der Waals surface area (Å²) in [6.07, 6.45) is 3.62. The molecule has 0 unspecified atom stereocenters. The van der Waals surface area contributed by atoms with Crippen molar-refractivity contribution in [3.05, 3.63) is 41.2 Å². The predicted molar refractivity (Wildman–Crippen MR) is 122 cm³/mol. The van der Waals surface area contributed by atoms with E-state index in [0.29, 0.717) is 32.1 Å². The molecule has 0 atom stereocenters. The van der Waals surface area contributed by atoms with Gasteiger partial charge in [-0.3, -0.25) is 9.69 Å². The maximum atomic E-state index is 13.1. The van der Waals surface area contributed by atoms with Crippen molar-refractivity contribution in [1.82, 2.24) is 35.6 Å². The van der Waals surface area contributed by atoms with Crippen LogP contribution in [0, 0.1) is 0 Å². The Kier molecular flexibility index (Phi) is 7.78. The van der Waals surface area contributed by atoms with Crippen LogP contribution in [0.15, 0.2) is 34.0 Å². The molecule has 1 amide bonds. The molecule has 0 aliphatic carbocycles. The molecule has 0 spiro atoms. The van der Waals surface area contributed by atoms with Gasteiger partial charge in [-0.15, -0.1) is 5.10 Å². The first kappa shape index (κ1) is 23.3. The Morgan fingerprint density at radius 1 is 1.26 bits per heavy atom. The van der Waals surface area contributed by atoms with Gasteiger partial charge in [0, 0.05) is 19.6 Å². The van der Waals surface area contributed by atoms with E-state index in [1.54, 1.807) is 0 Å². The summed E-state index contributed by atoms with van der Waals surface area (Å²) in [6, 6.07) is 7.43. The standard InChI is InChI=1S/C21H27N9O4/c1-2-3-10-33-16-6-4-15(5-7-16)13-23-25-21(31)18-17(14-29-8-11-32-12-9-29)24-28-30(18)20-19(22)26-34-27-20/h4-7,13H,2-3,8-12,14H2,1H3,(H2,22,26)(H,25,31)/b23-13+. The van der Waals surface area contributed by atoms with Gasteiger partial charge in [0.05, 0.1) is 26.0 Å². The number of nitrogens with one attached hydrogen (secondary N) is 1. The van der Waals surface area contributed by atoms with Gasteiger partial charge in [-0.25, -0.2) is 10.1 Å². The normalized spacial score (nSPS) is 14.5. The van der Waals surface area contributed by atoms with E-state index < -0.39 is 5.91 Å². The summed E-state index contributed by atoms with van der Waals surface area (Å²) in [7, 11) is 0. The number of nitrogens with zero attached hydrogens (tertiary/aromatic N) is 7. The molecule has 1 fully saturated rings. The molecule has 1 aliphatic heterocycles. The Morgan fingerprint density at radius 3 is 2.76 bits per heavy atom. The van der Waals surface area contributed by atoms with Crippen LogP contribution in [0.4, 0.5) is 5.82 Å². The minimum absolute atomic E-state index is 0.0124. The van der Waals surface area contributed by atoms with Crippen molar-refractivity contribution in [2.75, 3.05) is 38.6 Å². The number of benzene rings is 1. The number of nitrogen functional groups attached to an aromatic ring is 1. The van der Waals surface area contributed by atoms with Crippen molar-refractivity contribution in [1.29, 1.82) is 0 Å². The van der Waals surface area contributed by atoms with Crippen LogP contribution in [-0.4, -0.2) is 75.2 Å². The van der Waals surface area contributed by atoms with Crippen LogP contribution >= 0.6 is 0 Å². The molecule has 1 aliphatic rings. The number of hydrazone groups is 1. The molecule has 1 saturated heterocycles. The maximum Gasteiger partial charge on any atom is 0.292 e. The van der Waals surface area contributed by atoms with Gasteiger partial charge in [-0.2, -0.15) is 9.78 Å². The second-order valence-electron chi connectivity index (χ2n) is 7.63. The molecule has 13 nitrogen and oxygen atoms in total. The second-order valence-corrected chi connectivity index (χ2v) is 7.63. The number of ether oxygens (including phenoxy) is 2. The molecule has 4 rings (SSSR count). The van der Waals surface area contributed by atoms with Crippen molar-refractivity contribution in [3.63, 3.8) is 0 Å². The summed E-state index contributed by atoms with van der Waals surface area (Å²) in [5.41, 5.74) is 9.73. The molecule has 3 aromatic rings. The number of morpholine rings is 1. The van der Waals surface area contributed by atoms with Crippen molar-refractivity contribution in [2.24, 2.45) is 5.10 Å². The lowest BCUT2D eigenvalue weighted by atomic mass is 10.2. The quantitative estimate of drug-likeness (QED) is 0.249. The van der Waals surface area contributed by atoms with Crippen molar-refractivity contribution >= 4 is 17.9 Å². The first-order valence-electron chi connectivity index (χ1n) is 11.0. The highest BCUT2D eigenvalue weighted by Crippen LogP contribution is 2.17. The van der Waals surface area contributed by atoms with E-state index in [2.05, 4.69) is 47.6 Å². The van der Waals surface area contributed by atoms with Crippen LogP contribution in [-0.2, 0) is 11.3 Å². The number of carbonyl (C=O) groups is 1. The van der Waals surface area contributed by atoms with Gasteiger partial charge in [0.15, 0.2) is 5.69 Å². The predicted octanol–water partition coefficient (Wildman–Crippen LogP) is 1.01. The summed E-state index contributed by atoms with van der Waals surface area (Å²) in [4.78, 5) is 15.2. The van der Waals surface area contributed by atoms with Gasteiger partial charge in [-0.1, -0.05) is 18.6 Å². The zero-order valence-electron chi connectivity index (χ0n) is 18.9.